The van der Waals surface area contributed by atoms with Gasteiger partial charge >= 0.3 is 0 Å². The average molecular weight is 413 g/mol. The van der Waals surface area contributed by atoms with Crippen LogP contribution in [0.5, 0.6) is 0 Å². The van der Waals surface area contributed by atoms with Crippen molar-refractivity contribution in [3.63, 3.8) is 0 Å². The van der Waals surface area contributed by atoms with Crippen LogP contribution in [0.4, 0.5) is 0 Å². The van der Waals surface area contributed by atoms with Gasteiger partial charge in [-0.2, -0.15) is 0 Å². The maximum Gasteiger partial charge on any atom is 0.0607 e. The Morgan fingerprint density at radius 2 is 1.74 bits per heavy atom. The van der Waals surface area contributed by atoms with Crippen LogP contribution in [0.3, 0.4) is 0 Å². The Labute approximate surface area is 185 Å². The summed E-state index contributed by atoms with van der Waals surface area (Å²) in [6, 6.07) is 18.5. The lowest BCUT2D eigenvalue weighted by atomic mass is 9.89. The first-order chi connectivity index (χ1) is 15.3. The molecule has 0 saturated heterocycles. The molecule has 0 bridgehead atoms. The summed E-state index contributed by atoms with van der Waals surface area (Å²) in [5.74, 6) is 0. The first kappa shape index (κ1) is 20.3. The van der Waals surface area contributed by atoms with Crippen molar-refractivity contribution in [2.24, 2.45) is 0 Å². The third kappa shape index (κ3) is 4.56. The Bertz CT molecular complexity index is 1010. The summed E-state index contributed by atoms with van der Waals surface area (Å²) in [5.41, 5.74) is 8.08. The number of aromatic nitrogens is 2. The third-order valence-electron chi connectivity index (χ3n) is 6.88. The van der Waals surface area contributed by atoms with Crippen LogP contribution in [-0.4, -0.2) is 27.5 Å². The molecule has 31 heavy (non-hydrogen) atoms. The molecule has 1 aromatic carbocycles. The highest BCUT2D eigenvalue weighted by atomic mass is 15.2. The molecule has 0 saturated carbocycles. The minimum Gasteiger partial charge on any atom is -0.308 e. The van der Waals surface area contributed by atoms with Crippen LogP contribution in [-0.2, 0) is 32.4 Å². The second kappa shape index (κ2) is 9.29. The van der Waals surface area contributed by atoms with Gasteiger partial charge in [0.25, 0.3) is 0 Å². The number of aryl methyl sites for hydroxylation is 2. The van der Waals surface area contributed by atoms with Crippen molar-refractivity contribution >= 4 is 0 Å². The van der Waals surface area contributed by atoms with Crippen molar-refractivity contribution in [1.82, 2.24) is 20.2 Å². The van der Waals surface area contributed by atoms with Gasteiger partial charge in [0, 0.05) is 50.2 Å². The Kier molecular flexibility index (Phi) is 6.10. The molecule has 2 atom stereocenters. The van der Waals surface area contributed by atoms with E-state index in [1.54, 1.807) is 0 Å². The largest absolute Gasteiger partial charge is 0.308 e. The first-order valence-electron chi connectivity index (χ1n) is 11.7. The topological polar surface area (TPSA) is 41.1 Å². The van der Waals surface area contributed by atoms with Gasteiger partial charge in [-0.05, 0) is 60.1 Å². The van der Waals surface area contributed by atoms with E-state index in [0.717, 1.165) is 38.9 Å². The molecule has 2 aromatic heterocycles. The molecule has 0 amide bonds. The molecule has 1 aliphatic carbocycles. The molecule has 0 radical (unpaired) electrons. The Balaban J connectivity index is 1.40. The smallest absolute Gasteiger partial charge is 0.0607 e. The van der Waals surface area contributed by atoms with Gasteiger partial charge < -0.3 is 5.32 Å². The molecule has 1 aliphatic heterocycles. The van der Waals surface area contributed by atoms with Gasteiger partial charge in [-0.15, -0.1) is 0 Å². The van der Waals surface area contributed by atoms with Crippen molar-refractivity contribution in [1.29, 1.82) is 0 Å². The summed E-state index contributed by atoms with van der Waals surface area (Å²) < 4.78 is 0. The molecule has 5 rings (SSSR count). The normalized spacial score (nSPS) is 20.3. The SMILES string of the molecule is CCc1ccc(CN(C[C@@H]2Cc3ncccc3CN2)[C@H]2CCCc3cccnc32)cc1. The monoisotopic (exact) mass is 412 g/mol. The predicted octanol–water partition coefficient (Wildman–Crippen LogP) is 4.63. The second-order valence-electron chi connectivity index (χ2n) is 8.95. The lowest BCUT2D eigenvalue weighted by Gasteiger charge is -2.38. The molecule has 0 fully saturated rings. The van der Waals surface area contributed by atoms with Crippen LogP contribution in [0.15, 0.2) is 60.9 Å². The summed E-state index contributed by atoms with van der Waals surface area (Å²) in [4.78, 5) is 12.2. The molecule has 3 heterocycles. The quantitative estimate of drug-likeness (QED) is 0.641. The fraction of sp³-hybridized carbons (Fsp3) is 0.407. The van der Waals surface area contributed by atoms with Crippen LogP contribution in [0.2, 0.25) is 0 Å². The Hall–Kier alpha value is -2.56. The second-order valence-corrected chi connectivity index (χ2v) is 8.95. The van der Waals surface area contributed by atoms with Crippen molar-refractivity contribution < 1.29 is 0 Å². The summed E-state index contributed by atoms with van der Waals surface area (Å²) in [5, 5.41) is 3.77. The number of fused-ring (bicyclic) bond motifs is 2. The molecular formula is C27H32N4. The van der Waals surface area contributed by atoms with Gasteiger partial charge in [-0.1, -0.05) is 43.3 Å². The van der Waals surface area contributed by atoms with E-state index in [0.29, 0.717) is 12.1 Å². The minimum absolute atomic E-state index is 0.378. The molecule has 3 aromatic rings. The summed E-state index contributed by atoms with van der Waals surface area (Å²) in [6.45, 7) is 5.09. The molecule has 0 unspecified atom stereocenters. The summed E-state index contributed by atoms with van der Waals surface area (Å²) >= 11 is 0. The van der Waals surface area contributed by atoms with E-state index in [4.69, 9.17) is 4.98 Å². The molecule has 2 aliphatic rings. The van der Waals surface area contributed by atoms with Gasteiger partial charge in [0.1, 0.15) is 0 Å². The fourth-order valence-electron chi connectivity index (χ4n) is 5.15. The Morgan fingerprint density at radius 1 is 0.968 bits per heavy atom. The zero-order valence-corrected chi connectivity index (χ0v) is 18.4. The number of benzene rings is 1. The van der Waals surface area contributed by atoms with Crippen LogP contribution >= 0.6 is 0 Å². The highest BCUT2D eigenvalue weighted by Gasteiger charge is 2.30. The van der Waals surface area contributed by atoms with Crippen molar-refractivity contribution in [3.05, 3.63) is 94.6 Å². The minimum atomic E-state index is 0.378. The highest BCUT2D eigenvalue weighted by molar-refractivity contribution is 5.28. The number of rotatable bonds is 6. The number of hydrogen-bond acceptors (Lipinski definition) is 4. The van der Waals surface area contributed by atoms with E-state index in [-0.39, 0.29) is 0 Å². The standard InChI is InChI=1S/C27H32N4/c1-2-20-10-12-21(13-11-20)18-31(26-9-3-6-22-7-4-15-29-27(22)26)19-24-16-25-23(17-30-24)8-5-14-28-25/h4-5,7-8,10-15,24,26,30H,2-3,6,9,16-19H2,1H3/t24-,26-/m0/s1. The van der Waals surface area contributed by atoms with Gasteiger partial charge in [0.2, 0.25) is 0 Å². The van der Waals surface area contributed by atoms with Gasteiger partial charge in [0.15, 0.2) is 0 Å². The van der Waals surface area contributed by atoms with E-state index in [9.17, 15) is 0 Å². The summed E-state index contributed by atoms with van der Waals surface area (Å²) in [7, 11) is 0. The van der Waals surface area contributed by atoms with Crippen LogP contribution < -0.4 is 5.32 Å². The van der Waals surface area contributed by atoms with Crippen molar-refractivity contribution in [2.45, 2.75) is 64.2 Å². The zero-order chi connectivity index (χ0) is 21.0. The maximum absolute atomic E-state index is 4.85. The maximum atomic E-state index is 4.85. The summed E-state index contributed by atoms with van der Waals surface area (Å²) in [6.07, 6.45) is 9.53. The molecular weight excluding hydrogens is 380 g/mol. The fourth-order valence-corrected chi connectivity index (χ4v) is 5.15. The van der Waals surface area contributed by atoms with Crippen LogP contribution in [0.1, 0.15) is 59.4 Å². The predicted molar refractivity (Wildman–Crippen MR) is 125 cm³/mol. The third-order valence-corrected chi connectivity index (χ3v) is 6.88. The number of hydrogen-bond donors (Lipinski definition) is 1. The number of nitrogens with one attached hydrogen (secondary N) is 1. The van der Waals surface area contributed by atoms with E-state index >= 15 is 0 Å². The molecule has 4 heteroatoms. The van der Waals surface area contributed by atoms with Crippen molar-refractivity contribution in [2.75, 3.05) is 6.54 Å². The van der Waals surface area contributed by atoms with Gasteiger partial charge in [-0.3, -0.25) is 14.9 Å². The van der Waals surface area contributed by atoms with E-state index < -0.39 is 0 Å². The van der Waals surface area contributed by atoms with Gasteiger partial charge in [-0.25, -0.2) is 0 Å². The lowest BCUT2D eigenvalue weighted by Crippen LogP contribution is -2.46. The zero-order valence-electron chi connectivity index (χ0n) is 18.4. The van der Waals surface area contributed by atoms with Crippen molar-refractivity contribution in [3.8, 4) is 0 Å². The van der Waals surface area contributed by atoms with Crippen LogP contribution in [0.25, 0.3) is 0 Å². The highest BCUT2D eigenvalue weighted by Crippen LogP contribution is 2.34. The van der Waals surface area contributed by atoms with E-state index in [1.807, 2.05) is 18.5 Å². The molecule has 160 valence electrons. The average Bonchev–Trinajstić information content (AvgIpc) is 2.83. The van der Waals surface area contributed by atoms with Gasteiger partial charge in [0.05, 0.1) is 11.7 Å². The number of pyridine rings is 2. The lowest BCUT2D eigenvalue weighted by molar-refractivity contribution is 0.145. The molecule has 1 N–H and O–H groups in total. The molecule has 0 spiro atoms. The molecule has 4 nitrogen and oxygen atoms in total. The van der Waals surface area contributed by atoms with E-state index in [2.05, 4.69) is 64.6 Å². The number of nitrogens with zero attached hydrogens (tertiary/aromatic N) is 3. The Morgan fingerprint density at radius 3 is 2.58 bits per heavy atom. The first-order valence-corrected chi connectivity index (χ1v) is 11.7. The van der Waals surface area contributed by atoms with Crippen LogP contribution in [0, 0.1) is 0 Å². The van der Waals surface area contributed by atoms with E-state index in [1.165, 1.54) is 46.5 Å².